The Labute approximate surface area is 307 Å². The Morgan fingerprint density at radius 1 is 0.623 bits per heavy atom. The highest BCUT2D eigenvalue weighted by atomic mass is 32.1. The fourth-order valence-corrected chi connectivity index (χ4v) is 9.80. The Bertz CT molecular complexity index is 3460. The molecule has 0 amide bonds. The highest BCUT2D eigenvalue weighted by Gasteiger charge is 2.23. The van der Waals surface area contributed by atoms with Crippen LogP contribution >= 0.6 is 11.3 Å². The van der Waals surface area contributed by atoms with Crippen molar-refractivity contribution in [3.05, 3.63) is 156 Å². The van der Waals surface area contributed by atoms with Gasteiger partial charge in [-0.2, -0.15) is 0 Å². The third kappa shape index (κ3) is 4.29. The molecule has 0 radical (unpaired) electrons. The lowest BCUT2D eigenvalue weighted by Crippen LogP contribution is -2.27. The summed E-state index contributed by atoms with van der Waals surface area (Å²) in [5.41, 5.74) is 8.24. The van der Waals surface area contributed by atoms with E-state index in [4.69, 9.17) is 14.4 Å². The number of thiophene rings is 1. The first-order valence-corrected chi connectivity index (χ1v) is 18.9. The van der Waals surface area contributed by atoms with E-state index in [1.807, 2.05) is 0 Å². The van der Waals surface area contributed by atoms with Crippen LogP contribution in [0.5, 0.6) is 0 Å². The van der Waals surface area contributed by atoms with Crippen LogP contribution in [0.2, 0.25) is 0 Å². The minimum absolute atomic E-state index is 0.0947. The maximum absolute atomic E-state index is 6.61. The second kappa shape index (κ2) is 11.0. The van der Waals surface area contributed by atoms with Crippen LogP contribution in [-0.2, 0) is 0 Å². The van der Waals surface area contributed by atoms with Crippen LogP contribution in [-0.4, -0.2) is 14.5 Å². The number of hydrogen-bond acceptors (Lipinski definition) is 4. The number of rotatable bonds is 3. The lowest BCUT2D eigenvalue weighted by molar-refractivity contribution is 0.564. The van der Waals surface area contributed by atoms with Crippen molar-refractivity contribution in [3.8, 4) is 22.6 Å². The number of nitrogens with zero attached hydrogens (tertiary/aromatic N) is 3. The Hall–Kier alpha value is -6.56. The van der Waals surface area contributed by atoms with Crippen LogP contribution in [0.15, 0.2) is 150 Å². The standard InChI is InChI=1S/C48H29N3OS/c1-2-11-29-24-32(21-20-28(29)10-1)45-47-46(35-15-6-8-19-43(35)53-47)50-48(49-45)36-16-9-18-42-44(36)38-27-33(22-23-41(38)52-42)51-39-17-7-5-14-34(39)37-25-30-12-3-4-13-31(30)26-40(37)51/h1-21,23-27,33H,22H2. The third-order valence-electron chi connectivity index (χ3n) is 11.1. The Morgan fingerprint density at radius 2 is 1.38 bits per heavy atom. The molecule has 4 heterocycles. The average molecular weight is 696 g/mol. The van der Waals surface area contributed by atoms with E-state index < -0.39 is 0 Å². The quantitative estimate of drug-likeness (QED) is 0.185. The topological polar surface area (TPSA) is 43.9 Å². The molecule has 1 aliphatic carbocycles. The zero-order valence-corrected chi connectivity index (χ0v) is 29.3. The average Bonchev–Trinajstić information content (AvgIpc) is 3.88. The molecule has 11 aromatic rings. The van der Waals surface area contributed by atoms with Crippen LogP contribution in [0.3, 0.4) is 0 Å². The van der Waals surface area contributed by atoms with Gasteiger partial charge < -0.3 is 8.98 Å². The monoisotopic (exact) mass is 695 g/mol. The number of fused-ring (bicyclic) bond motifs is 11. The molecule has 0 saturated heterocycles. The smallest absolute Gasteiger partial charge is 0.161 e. The summed E-state index contributed by atoms with van der Waals surface area (Å²) in [5.74, 6) is 0.706. The first-order chi connectivity index (χ1) is 26.2. The van der Waals surface area contributed by atoms with E-state index in [-0.39, 0.29) is 6.04 Å². The lowest BCUT2D eigenvalue weighted by atomic mass is 10.0. The second-order valence-electron chi connectivity index (χ2n) is 14.1. The summed E-state index contributed by atoms with van der Waals surface area (Å²) in [6.07, 6.45) is 5.51. The van der Waals surface area contributed by atoms with E-state index in [9.17, 15) is 0 Å². The molecular formula is C48H29N3OS. The number of hydrogen-bond donors (Lipinski definition) is 0. The molecule has 5 heteroatoms. The molecule has 1 aliphatic rings. The molecule has 0 bridgehead atoms. The van der Waals surface area contributed by atoms with Crippen LogP contribution in [0.25, 0.3) is 109 Å². The maximum Gasteiger partial charge on any atom is 0.161 e. The van der Waals surface area contributed by atoms with Gasteiger partial charge in [-0.05, 0) is 76.5 Å². The zero-order valence-electron chi connectivity index (χ0n) is 28.5. The Kier molecular flexibility index (Phi) is 6.02. The Balaban J connectivity index is 1.11. The van der Waals surface area contributed by atoms with Crippen molar-refractivity contribution in [2.24, 2.45) is 0 Å². The fourth-order valence-electron chi connectivity index (χ4n) is 8.65. The predicted octanol–water partition coefficient (Wildman–Crippen LogP) is 11.5. The third-order valence-corrected chi connectivity index (χ3v) is 12.2. The van der Waals surface area contributed by atoms with Crippen LogP contribution < -0.4 is 10.6 Å². The van der Waals surface area contributed by atoms with Crippen molar-refractivity contribution < 1.29 is 4.42 Å². The van der Waals surface area contributed by atoms with E-state index in [0.29, 0.717) is 5.82 Å². The summed E-state index contributed by atoms with van der Waals surface area (Å²) < 4.78 is 11.4. The number of aromatic nitrogens is 3. The number of furan rings is 1. The lowest BCUT2D eigenvalue weighted by Gasteiger charge is -2.18. The second-order valence-corrected chi connectivity index (χ2v) is 15.1. The molecule has 248 valence electrons. The van der Waals surface area contributed by atoms with Gasteiger partial charge in [0.05, 0.1) is 27.5 Å². The van der Waals surface area contributed by atoms with Gasteiger partial charge in [0, 0.05) is 48.1 Å². The van der Waals surface area contributed by atoms with Gasteiger partial charge in [-0.25, -0.2) is 9.97 Å². The first kappa shape index (κ1) is 29.1. The minimum atomic E-state index is 0.0947. The SMILES string of the molecule is C1=c2oc3cccc(-c4nc(-c5ccc6ccccc6c5)c5sc6ccccc6c5n4)c3c2=CC(n2c3ccccc3c3cc4ccccc4cc32)C1. The van der Waals surface area contributed by atoms with Gasteiger partial charge >= 0.3 is 0 Å². The molecule has 53 heavy (non-hydrogen) atoms. The summed E-state index contributed by atoms with van der Waals surface area (Å²) in [6, 6.07) is 52.3. The van der Waals surface area contributed by atoms with Crippen molar-refractivity contribution in [2.75, 3.05) is 0 Å². The highest BCUT2D eigenvalue weighted by molar-refractivity contribution is 7.26. The van der Waals surface area contributed by atoms with Crippen LogP contribution in [0.1, 0.15) is 12.5 Å². The zero-order chi connectivity index (χ0) is 34.6. The van der Waals surface area contributed by atoms with Gasteiger partial charge in [0.2, 0.25) is 0 Å². The number of para-hydroxylation sites is 1. The molecular weight excluding hydrogens is 667 g/mol. The normalized spacial score (nSPS) is 14.5. The molecule has 0 fully saturated rings. The molecule has 12 rings (SSSR count). The van der Waals surface area contributed by atoms with E-state index >= 15 is 0 Å². The van der Waals surface area contributed by atoms with Crippen molar-refractivity contribution in [3.63, 3.8) is 0 Å². The van der Waals surface area contributed by atoms with Gasteiger partial charge in [0.25, 0.3) is 0 Å². The van der Waals surface area contributed by atoms with Crippen molar-refractivity contribution in [1.29, 1.82) is 0 Å². The summed E-state index contributed by atoms with van der Waals surface area (Å²) in [5, 5.41) is 10.8. The summed E-state index contributed by atoms with van der Waals surface area (Å²) in [6.45, 7) is 0. The maximum atomic E-state index is 6.61. The van der Waals surface area contributed by atoms with E-state index in [1.54, 1.807) is 11.3 Å². The van der Waals surface area contributed by atoms with E-state index in [1.165, 1.54) is 48.1 Å². The van der Waals surface area contributed by atoms with Crippen LogP contribution in [0, 0.1) is 0 Å². The molecule has 0 aliphatic heterocycles. The molecule has 1 unspecified atom stereocenters. The molecule has 4 nitrogen and oxygen atoms in total. The molecule has 0 spiro atoms. The molecule has 4 aromatic heterocycles. The summed E-state index contributed by atoms with van der Waals surface area (Å²) in [4.78, 5) is 10.8. The van der Waals surface area contributed by atoms with Gasteiger partial charge in [-0.15, -0.1) is 11.3 Å². The first-order valence-electron chi connectivity index (χ1n) is 18.1. The van der Waals surface area contributed by atoms with Crippen molar-refractivity contribution >= 4 is 98.1 Å². The van der Waals surface area contributed by atoms with E-state index in [2.05, 4.69) is 162 Å². The van der Waals surface area contributed by atoms with E-state index in [0.717, 1.165) is 60.4 Å². The minimum Gasteiger partial charge on any atom is -0.456 e. The Morgan fingerprint density at radius 3 is 2.26 bits per heavy atom. The molecule has 0 N–H and O–H groups in total. The fraction of sp³-hybridized carbons (Fsp3) is 0.0417. The van der Waals surface area contributed by atoms with Crippen molar-refractivity contribution in [1.82, 2.24) is 14.5 Å². The van der Waals surface area contributed by atoms with Gasteiger partial charge in [0.15, 0.2) is 5.82 Å². The van der Waals surface area contributed by atoms with Crippen LogP contribution in [0.4, 0.5) is 0 Å². The van der Waals surface area contributed by atoms with Gasteiger partial charge in [-0.3, -0.25) is 0 Å². The molecule has 7 aromatic carbocycles. The largest absolute Gasteiger partial charge is 0.456 e. The summed E-state index contributed by atoms with van der Waals surface area (Å²) >= 11 is 1.76. The summed E-state index contributed by atoms with van der Waals surface area (Å²) in [7, 11) is 0. The molecule has 1 atom stereocenters. The molecule has 0 saturated carbocycles. The predicted molar refractivity (Wildman–Crippen MR) is 222 cm³/mol. The highest BCUT2D eigenvalue weighted by Crippen LogP contribution is 2.41. The number of benzene rings is 7. The van der Waals surface area contributed by atoms with Gasteiger partial charge in [-0.1, -0.05) is 109 Å². The van der Waals surface area contributed by atoms with Gasteiger partial charge in [0.1, 0.15) is 11.0 Å². The van der Waals surface area contributed by atoms with Crippen molar-refractivity contribution in [2.45, 2.75) is 12.5 Å².